The van der Waals surface area contributed by atoms with Crippen molar-refractivity contribution in [1.29, 1.82) is 0 Å². The van der Waals surface area contributed by atoms with E-state index in [9.17, 15) is 0 Å². The summed E-state index contributed by atoms with van der Waals surface area (Å²) in [6, 6.07) is 0. The zero-order chi connectivity index (χ0) is 17.5. The number of allylic oxidation sites excluding steroid dienone is 10. The first-order valence-electron chi connectivity index (χ1n) is 8.64. The molecule has 0 unspecified atom stereocenters. The van der Waals surface area contributed by atoms with Crippen molar-refractivity contribution in [2.45, 2.75) is 50.8 Å². The Kier molecular flexibility index (Phi) is 5.20. The predicted molar refractivity (Wildman–Crippen MR) is 115 cm³/mol. The molecule has 0 nitrogen and oxygen atoms in total. The van der Waals surface area contributed by atoms with Gasteiger partial charge in [-0.2, -0.15) is 0 Å². The summed E-state index contributed by atoms with van der Waals surface area (Å²) < 4.78 is 3.31. The van der Waals surface area contributed by atoms with Crippen LogP contribution >= 0.6 is 0 Å². The second kappa shape index (κ2) is 6.38. The van der Waals surface area contributed by atoms with Crippen LogP contribution in [0.5, 0.6) is 0 Å². The molecule has 124 valence electrons. The zero-order valence-corrected chi connectivity index (χ0v) is 20.2. The van der Waals surface area contributed by atoms with E-state index in [1.54, 1.807) is 8.81 Å². The van der Waals surface area contributed by atoms with Crippen molar-refractivity contribution < 1.29 is 0 Å². The molecule has 0 atom stereocenters. The maximum absolute atomic E-state index is 2.58. The van der Waals surface area contributed by atoms with Gasteiger partial charge in [-0.3, -0.25) is 0 Å². The molecule has 23 heavy (non-hydrogen) atoms. The summed E-state index contributed by atoms with van der Waals surface area (Å²) in [5, 5.41) is 0. The minimum absolute atomic E-state index is 1.20. The topological polar surface area (TPSA) is 0 Å². The molecule has 2 rings (SSSR count). The van der Waals surface area contributed by atoms with Gasteiger partial charge in [-0.25, -0.2) is 0 Å². The second-order valence-corrected chi connectivity index (χ2v) is 28.6. The van der Waals surface area contributed by atoms with E-state index < -0.39 is 29.4 Å². The third kappa shape index (κ3) is 4.71. The quantitative estimate of drug-likeness (QED) is 0.480. The van der Waals surface area contributed by atoms with E-state index >= 15 is 0 Å². The maximum atomic E-state index is 2.58. The van der Waals surface area contributed by atoms with Gasteiger partial charge in [0, 0.05) is 0 Å². The van der Waals surface area contributed by atoms with Gasteiger partial charge < -0.3 is 0 Å². The van der Waals surface area contributed by atoms with E-state index in [0.29, 0.717) is 0 Å². The van der Waals surface area contributed by atoms with Gasteiger partial charge >= 0.3 is 148 Å². The molecule has 0 saturated carbocycles. The summed E-state index contributed by atoms with van der Waals surface area (Å²) >= 11 is -2.25. The van der Waals surface area contributed by atoms with Crippen LogP contribution in [0.2, 0.25) is 50.8 Å². The number of hydrogen-bond acceptors (Lipinski definition) is 0. The van der Waals surface area contributed by atoms with Crippen molar-refractivity contribution in [2.75, 3.05) is 0 Å². The summed E-state index contributed by atoms with van der Waals surface area (Å²) in [4.78, 5) is 0. The van der Waals surface area contributed by atoms with Crippen molar-refractivity contribution in [3.05, 3.63) is 67.8 Å². The van der Waals surface area contributed by atoms with Crippen LogP contribution in [-0.2, 0) is 0 Å². The molecule has 3 heteroatoms. The Labute approximate surface area is 147 Å². The Morgan fingerprint density at radius 1 is 0.696 bits per heavy atom. The molecular formula is C20H32GeSi2. The molecule has 0 N–H and O–H groups in total. The van der Waals surface area contributed by atoms with Crippen LogP contribution in [0.25, 0.3) is 0 Å². The van der Waals surface area contributed by atoms with Gasteiger partial charge in [0.25, 0.3) is 0 Å². The molecule has 0 spiro atoms. The zero-order valence-electron chi connectivity index (χ0n) is 16.1. The summed E-state index contributed by atoms with van der Waals surface area (Å²) in [7, 11) is -2.41. The SMILES string of the molecule is C[Si](C)(C)C=C1C=CC=[C]1[Ge]([CH3])([CH3])[C]1=CC=CC1=C[Si](C)(C)C. The molecule has 0 aromatic heterocycles. The monoisotopic (exact) mass is 402 g/mol. The van der Waals surface area contributed by atoms with Crippen molar-refractivity contribution in [3.63, 3.8) is 0 Å². The molecule has 2 aliphatic rings. The first-order chi connectivity index (χ1) is 10.4. The minimum atomic E-state index is -2.25. The average Bonchev–Trinajstić information content (AvgIpc) is 2.94. The van der Waals surface area contributed by atoms with E-state index in [0.717, 1.165) is 0 Å². The molecule has 0 aliphatic heterocycles. The normalized spacial score (nSPS) is 22.3. The van der Waals surface area contributed by atoms with Crippen molar-refractivity contribution in [3.8, 4) is 0 Å². The molecule has 2 aliphatic carbocycles. The summed E-state index contributed by atoms with van der Waals surface area (Å²) in [6.45, 7) is 14.6. The first-order valence-corrected chi connectivity index (χ1v) is 22.1. The van der Waals surface area contributed by atoms with E-state index in [4.69, 9.17) is 0 Å². The Bertz CT molecular complexity index is 611. The first kappa shape index (κ1) is 18.8. The molecule has 0 aromatic carbocycles. The summed E-state index contributed by atoms with van der Waals surface area (Å²) in [5.41, 5.74) is 8.21. The Hall–Kier alpha value is -0.583. The van der Waals surface area contributed by atoms with Crippen molar-refractivity contribution in [2.24, 2.45) is 0 Å². The fourth-order valence-corrected chi connectivity index (χ4v) is 12.8. The predicted octanol–water partition coefficient (Wildman–Crippen LogP) is 6.37. The third-order valence-electron chi connectivity index (χ3n) is 4.22. The van der Waals surface area contributed by atoms with Gasteiger partial charge in [-0.15, -0.1) is 0 Å². The Morgan fingerprint density at radius 2 is 1.04 bits per heavy atom. The molecule has 0 bridgehead atoms. The van der Waals surface area contributed by atoms with Gasteiger partial charge in [0.1, 0.15) is 0 Å². The number of hydrogen-bond donors (Lipinski definition) is 0. The molecule has 0 fully saturated rings. The van der Waals surface area contributed by atoms with Crippen LogP contribution in [0.3, 0.4) is 0 Å². The third-order valence-corrected chi connectivity index (χ3v) is 14.1. The average molecular weight is 401 g/mol. The van der Waals surface area contributed by atoms with Gasteiger partial charge in [0.15, 0.2) is 0 Å². The molecule has 0 amide bonds. The van der Waals surface area contributed by atoms with E-state index in [2.05, 4.69) is 98.6 Å². The molecule has 0 radical (unpaired) electrons. The van der Waals surface area contributed by atoms with Gasteiger partial charge in [-0.05, 0) is 0 Å². The van der Waals surface area contributed by atoms with Crippen LogP contribution in [0.15, 0.2) is 67.8 Å². The van der Waals surface area contributed by atoms with Gasteiger partial charge in [0.05, 0.1) is 0 Å². The standard InChI is InChI=1S/C20H32GeSi2/c1-21(2,19-13-9-11-17(19)15-22(3,4)5)20-14-10-12-18(20)16-23(6,7)8/h9-16H,1-8H3. The Balaban J connectivity index is 2.40. The van der Waals surface area contributed by atoms with E-state index in [1.807, 2.05) is 0 Å². The van der Waals surface area contributed by atoms with Gasteiger partial charge in [0.2, 0.25) is 0 Å². The summed E-state index contributed by atoms with van der Waals surface area (Å²) in [6.07, 6.45) is 14.0. The van der Waals surface area contributed by atoms with Crippen LogP contribution in [0, 0.1) is 0 Å². The second-order valence-electron chi connectivity index (χ2n) is 9.44. The van der Waals surface area contributed by atoms with Crippen LogP contribution < -0.4 is 0 Å². The fourth-order valence-electron chi connectivity index (χ4n) is 3.34. The molecular weight excluding hydrogens is 369 g/mol. The van der Waals surface area contributed by atoms with Crippen LogP contribution in [-0.4, -0.2) is 29.4 Å². The van der Waals surface area contributed by atoms with Crippen LogP contribution in [0.1, 0.15) is 0 Å². The van der Waals surface area contributed by atoms with Gasteiger partial charge in [-0.1, -0.05) is 0 Å². The van der Waals surface area contributed by atoms with E-state index in [1.165, 1.54) is 11.1 Å². The fraction of sp³-hybridized carbons (Fsp3) is 0.400. The molecule has 0 aromatic rings. The van der Waals surface area contributed by atoms with E-state index in [-0.39, 0.29) is 0 Å². The van der Waals surface area contributed by atoms with Crippen molar-refractivity contribution >= 4 is 29.4 Å². The van der Waals surface area contributed by atoms with Crippen LogP contribution in [0.4, 0.5) is 0 Å². The van der Waals surface area contributed by atoms with Crippen molar-refractivity contribution in [1.82, 2.24) is 0 Å². The molecule has 0 saturated heterocycles. The molecule has 0 heterocycles. The number of rotatable bonds is 4. The Morgan fingerprint density at radius 3 is 1.35 bits per heavy atom. The summed E-state index contributed by atoms with van der Waals surface area (Å²) in [5.74, 6) is 5.13.